The van der Waals surface area contributed by atoms with Gasteiger partial charge in [-0.25, -0.2) is 0 Å². The van der Waals surface area contributed by atoms with E-state index in [-0.39, 0.29) is 5.41 Å². The zero-order valence-electron chi connectivity index (χ0n) is 17.5. The SMILES string of the molecule is Ic1ccc(-c2cccc3c2-c2ccccc2C3(c2ccccc2)c2ccccc2)cc1. The summed E-state index contributed by atoms with van der Waals surface area (Å²) in [5, 5.41) is 0. The largest absolute Gasteiger partial charge is 0.0713 e. The highest BCUT2D eigenvalue weighted by atomic mass is 127. The molecule has 5 aromatic carbocycles. The highest BCUT2D eigenvalue weighted by molar-refractivity contribution is 14.1. The van der Waals surface area contributed by atoms with Crippen molar-refractivity contribution in [2.75, 3.05) is 0 Å². The van der Waals surface area contributed by atoms with E-state index in [1.807, 2.05) is 0 Å². The Morgan fingerprint density at radius 1 is 0.438 bits per heavy atom. The molecule has 0 nitrogen and oxygen atoms in total. The second-order valence-electron chi connectivity index (χ2n) is 8.26. The fourth-order valence-corrected chi connectivity index (χ4v) is 5.72. The second-order valence-corrected chi connectivity index (χ2v) is 9.51. The summed E-state index contributed by atoms with van der Waals surface area (Å²) in [6, 6.07) is 46.6. The fourth-order valence-electron chi connectivity index (χ4n) is 5.36. The average molecular weight is 520 g/mol. The maximum absolute atomic E-state index is 2.37. The van der Waals surface area contributed by atoms with Crippen molar-refractivity contribution in [1.82, 2.24) is 0 Å². The predicted molar refractivity (Wildman–Crippen MR) is 142 cm³/mol. The molecule has 1 heteroatoms. The Hall–Kier alpha value is -3.17. The van der Waals surface area contributed by atoms with Crippen LogP contribution in [-0.4, -0.2) is 0 Å². The molecule has 0 aliphatic heterocycles. The van der Waals surface area contributed by atoms with Gasteiger partial charge < -0.3 is 0 Å². The van der Waals surface area contributed by atoms with Crippen LogP contribution in [0.3, 0.4) is 0 Å². The summed E-state index contributed by atoms with van der Waals surface area (Å²) < 4.78 is 1.25. The van der Waals surface area contributed by atoms with E-state index in [0.717, 1.165) is 0 Å². The molecule has 0 unspecified atom stereocenters. The Balaban J connectivity index is 1.77. The Labute approximate surface area is 202 Å². The summed E-state index contributed by atoms with van der Waals surface area (Å²) in [6.45, 7) is 0. The molecular formula is C31H21I. The van der Waals surface area contributed by atoms with Gasteiger partial charge in [0.15, 0.2) is 0 Å². The first-order valence-corrected chi connectivity index (χ1v) is 12.0. The van der Waals surface area contributed by atoms with E-state index in [1.165, 1.54) is 48.1 Å². The fraction of sp³-hybridized carbons (Fsp3) is 0.0323. The van der Waals surface area contributed by atoms with E-state index in [0.29, 0.717) is 0 Å². The monoisotopic (exact) mass is 520 g/mol. The first-order chi connectivity index (χ1) is 15.8. The summed E-state index contributed by atoms with van der Waals surface area (Å²) in [6.07, 6.45) is 0. The molecule has 0 heterocycles. The highest BCUT2D eigenvalue weighted by Crippen LogP contribution is 2.58. The lowest BCUT2D eigenvalue weighted by atomic mass is 9.67. The van der Waals surface area contributed by atoms with Gasteiger partial charge >= 0.3 is 0 Å². The third-order valence-corrected chi connectivity index (χ3v) is 7.36. The lowest BCUT2D eigenvalue weighted by Crippen LogP contribution is -2.28. The van der Waals surface area contributed by atoms with Crippen LogP contribution in [0.5, 0.6) is 0 Å². The minimum atomic E-state index is -0.340. The smallest absolute Gasteiger partial charge is 0.0622 e. The standard InChI is InChI=1S/C31H21I/c32-25-20-18-22(19-21-25)26-15-9-17-29-30(26)27-14-7-8-16-28(27)31(29,23-10-3-1-4-11-23)24-12-5-2-6-13-24/h1-21H. The zero-order chi connectivity index (χ0) is 21.5. The first-order valence-electron chi connectivity index (χ1n) is 10.9. The van der Waals surface area contributed by atoms with Gasteiger partial charge in [-0.2, -0.15) is 0 Å². The molecule has 0 amide bonds. The predicted octanol–water partition coefficient (Wildman–Crippen LogP) is 8.32. The number of rotatable bonds is 3. The van der Waals surface area contributed by atoms with Crippen LogP contribution in [0.25, 0.3) is 22.3 Å². The topological polar surface area (TPSA) is 0 Å². The van der Waals surface area contributed by atoms with Crippen molar-refractivity contribution < 1.29 is 0 Å². The van der Waals surface area contributed by atoms with Gasteiger partial charge in [0.2, 0.25) is 0 Å². The molecule has 0 fully saturated rings. The van der Waals surface area contributed by atoms with Crippen LogP contribution < -0.4 is 0 Å². The van der Waals surface area contributed by atoms with Gasteiger partial charge in [-0.05, 0) is 79.2 Å². The van der Waals surface area contributed by atoms with Crippen LogP contribution in [0, 0.1) is 3.57 Å². The maximum atomic E-state index is 2.37. The van der Waals surface area contributed by atoms with Crippen molar-refractivity contribution in [3.05, 3.63) is 153 Å². The first kappa shape index (κ1) is 19.5. The Morgan fingerprint density at radius 2 is 0.969 bits per heavy atom. The van der Waals surface area contributed by atoms with Crippen LogP contribution in [0.2, 0.25) is 0 Å². The normalized spacial score (nSPS) is 13.4. The average Bonchev–Trinajstić information content (AvgIpc) is 3.17. The van der Waals surface area contributed by atoms with Crippen molar-refractivity contribution in [3.63, 3.8) is 0 Å². The van der Waals surface area contributed by atoms with Crippen LogP contribution in [-0.2, 0) is 5.41 Å². The van der Waals surface area contributed by atoms with Crippen LogP contribution in [0.4, 0.5) is 0 Å². The van der Waals surface area contributed by atoms with Gasteiger partial charge in [0.05, 0.1) is 5.41 Å². The van der Waals surface area contributed by atoms with Crippen molar-refractivity contribution in [2.24, 2.45) is 0 Å². The number of halogens is 1. The maximum Gasteiger partial charge on any atom is 0.0713 e. The third-order valence-electron chi connectivity index (χ3n) is 6.64. The molecule has 0 N–H and O–H groups in total. The molecule has 0 spiro atoms. The van der Waals surface area contributed by atoms with Gasteiger partial charge in [-0.15, -0.1) is 0 Å². The van der Waals surface area contributed by atoms with Gasteiger partial charge in [0.1, 0.15) is 0 Å². The summed E-state index contributed by atoms with van der Waals surface area (Å²) >= 11 is 2.37. The molecule has 152 valence electrons. The molecule has 1 aliphatic carbocycles. The molecule has 0 bridgehead atoms. The molecule has 32 heavy (non-hydrogen) atoms. The van der Waals surface area contributed by atoms with Crippen LogP contribution in [0.1, 0.15) is 22.3 Å². The molecular weight excluding hydrogens is 499 g/mol. The molecule has 0 radical (unpaired) electrons. The summed E-state index contributed by atoms with van der Waals surface area (Å²) in [5.74, 6) is 0. The Kier molecular flexibility index (Phi) is 4.73. The number of hydrogen-bond acceptors (Lipinski definition) is 0. The van der Waals surface area contributed by atoms with E-state index in [1.54, 1.807) is 0 Å². The highest BCUT2D eigenvalue weighted by Gasteiger charge is 2.46. The lowest BCUT2D eigenvalue weighted by Gasteiger charge is -2.34. The summed E-state index contributed by atoms with van der Waals surface area (Å²) in [4.78, 5) is 0. The summed E-state index contributed by atoms with van der Waals surface area (Å²) in [5.41, 5.74) is 10.2. The number of benzene rings is 5. The molecule has 0 aromatic heterocycles. The van der Waals surface area contributed by atoms with Crippen molar-refractivity contribution in [1.29, 1.82) is 0 Å². The van der Waals surface area contributed by atoms with E-state index >= 15 is 0 Å². The summed E-state index contributed by atoms with van der Waals surface area (Å²) in [7, 11) is 0. The molecule has 1 aliphatic rings. The number of hydrogen-bond donors (Lipinski definition) is 0. The quantitative estimate of drug-likeness (QED) is 0.206. The Bertz CT molecular complexity index is 1360. The van der Waals surface area contributed by atoms with Crippen molar-refractivity contribution in [3.8, 4) is 22.3 Å². The second kappa shape index (κ2) is 7.75. The van der Waals surface area contributed by atoms with Gasteiger partial charge in [0, 0.05) is 3.57 Å². The molecule has 5 aromatic rings. The van der Waals surface area contributed by atoms with Crippen molar-refractivity contribution >= 4 is 22.6 Å². The van der Waals surface area contributed by atoms with E-state index in [9.17, 15) is 0 Å². The zero-order valence-corrected chi connectivity index (χ0v) is 19.7. The van der Waals surface area contributed by atoms with Crippen LogP contribution in [0.15, 0.2) is 127 Å². The number of fused-ring (bicyclic) bond motifs is 3. The van der Waals surface area contributed by atoms with E-state index in [2.05, 4.69) is 150 Å². The Morgan fingerprint density at radius 3 is 1.62 bits per heavy atom. The van der Waals surface area contributed by atoms with E-state index < -0.39 is 0 Å². The lowest BCUT2D eigenvalue weighted by molar-refractivity contribution is 0.768. The van der Waals surface area contributed by atoms with Crippen LogP contribution >= 0.6 is 22.6 Å². The molecule has 0 saturated heterocycles. The van der Waals surface area contributed by atoms with E-state index in [4.69, 9.17) is 0 Å². The molecule has 6 rings (SSSR count). The molecule has 0 atom stereocenters. The van der Waals surface area contributed by atoms with Gasteiger partial charge in [0.25, 0.3) is 0 Å². The molecule has 0 saturated carbocycles. The van der Waals surface area contributed by atoms with Gasteiger partial charge in [-0.3, -0.25) is 0 Å². The third kappa shape index (κ3) is 2.81. The van der Waals surface area contributed by atoms with Crippen molar-refractivity contribution in [2.45, 2.75) is 5.41 Å². The minimum Gasteiger partial charge on any atom is -0.0622 e. The van der Waals surface area contributed by atoms with Gasteiger partial charge in [-0.1, -0.05) is 115 Å². The minimum absolute atomic E-state index is 0.340.